The Morgan fingerprint density at radius 3 is 2.50 bits per heavy atom. The molecule has 0 radical (unpaired) electrons. The summed E-state index contributed by atoms with van der Waals surface area (Å²) in [5.41, 5.74) is 6.76. The van der Waals surface area contributed by atoms with E-state index in [4.69, 9.17) is 10.2 Å². The van der Waals surface area contributed by atoms with E-state index in [1.54, 1.807) is 0 Å². The summed E-state index contributed by atoms with van der Waals surface area (Å²) in [6.07, 6.45) is 0. The smallest absolute Gasteiger partial charge is 0.227 e. The molecule has 1 aromatic heterocycles. The molecule has 90 valence electrons. The lowest BCUT2D eigenvalue weighted by molar-refractivity contribution is 0.564. The second-order valence-electron chi connectivity index (χ2n) is 3.88. The van der Waals surface area contributed by atoms with Gasteiger partial charge in [0.1, 0.15) is 11.3 Å². The highest BCUT2D eigenvalue weighted by Crippen LogP contribution is 2.27. The van der Waals surface area contributed by atoms with Crippen LogP contribution in [0.4, 0.5) is 14.5 Å². The number of fused-ring (bicyclic) bond motifs is 1. The zero-order valence-corrected chi connectivity index (χ0v) is 9.15. The van der Waals surface area contributed by atoms with Gasteiger partial charge in [-0.15, -0.1) is 0 Å². The second-order valence-corrected chi connectivity index (χ2v) is 3.88. The number of hydrogen-bond acceptors (Lipinski definition) is 3. The third kappa shape index (κ3) is 1.69. The van der Waals surface area contributed by atoms with Gasteiger partial charge in [0.05, 0.1) is 0 Å². The highest BCUT2D eigenvalue weighted by molar-refractivity contribution is 5.80. The quantitative estimate of drug-likeness (QED) is 0.670. The molecule has 2 aromatic carbocycles. The average molecular weight is 246 g/mol. The maximum atomic E-state index is 13.6. The van der Waals surface area contributed by atoms with Crippen molar-refractivity contribution in [3.05, 3.63) is 48.0 Å². The zero-order chi connectivity index (χ0) is 12.7. The van der Waals surface area contributed by atoms with Crippen LogP contribution in [0.1, 0.15) is 0 Å². The molecule has 0 aliphatic carbocycles. The summed E-state index contributed by atoms with van der Waals surface area (Å²) in [5.74, 6) is -0.689. The molecule has 0 amide bonds. The first-order valence-corrected chi connectivity index (χ1v) is 5.25. The molecule has 0 aliphatic heterocycles. The Hall–Kier alpha value is -2.43. The van der Waals surface area contributed by atoms with Crippen molar-refractivity contribution < 1.29 is 13.2 Å². The van der Waals surface area contributed by atoms with E-state index in [2.05, 4.69) is 4.98 Å². The summed E-state index contributed by atoms with van der Waals surface area (Å²) in [4.78, 5) is 4.13. The molecular weight excluding hydrogens is 238 g/mol. The van der Waals surface area contributed by atoms with E-state index in [1.807, 2.05) is 0 Å². The fraction of sp³-hybridized carbons (Fsp3) is 0. The maximum absolute atomic E-state index is 13.6. The van der Waals surface area contributed by atoms with Gasteiger partial charge < -0.3 is 10.2 Å². The van der Waals surface area contributed by atoms with Crippen LogP contribution < -0.4 is 5.73 Å². The third-order valence-electron chi connectivity index (χ3n) is 2.56. The van der Waals surface area contributed by atoms with Crippen LogP contribution in [0, 0.1) is 11.6 Å². The Morgan fingerprint density at radius 1 is 1.06 bits per heavy atom. The number of rotatable bonds is 1. The molecule has 0 atom stereocenters. The van der Waals surface area contributed by atoms with Gasteiger partial charge in [-0.1, -0.05) is 0 Å². The van der Waals surface area contributed by atoms with Crippen LogP contribution in [0.2, 0.25) is 0 Å². The van der Waals surface area contributed by atoms with Gasteiger partial charge in [0.25, 0.3) is 0 Å². The van der Waals surface area contributed by atoms with Crippen LogP contribution in [-0.2, 0) is 0 Å². The largest absolute Gasteiger partial charge is 0.433 e. The van der Waals surface area contributed by atoms with E-state index in [-0.39, 0.29) is 23.0 Å². The summed E-state index contributed by atoms with van der Waals surface area (Å²) in [6, 6.07) is 8.29. The van der Waals surface area contributed by atoms with Crippen molar-refractivity contribution in [2.75, 3.05) is 5.73 Å². The Labute approximate surface area is 101 Å². The van der Waals surface area contributed by atoms with Gasteiger partial charge in [-0.25, -0.2) is 13.8 Å². The standard InChI is InChI=1S/C13H8F2N2O/c14-8-3-1-7(2-4-8)13-17-11-6-9(16)5-10(15)12(11)18-13/h1-6H,16H2. The van der Waals surface area contributed by atoms with E-state index in [0.29, 0.717) is 11.1 Å². The minimum absolute atomic E-state index is 0.0449. The highest BCUT2D eigenvalue weighted by atomic mass is 19.1. The first-order valence-electron chi connectivity index (χ1n) is 5.25. The van der Waals surface area contributed by atoms with Crippen molar-refractivity contribution in [3.8, 4) is 11.5 Å². The van der Waals surface area contributed by atoms with Gasteiger partial charge >= 0.3 is 0 Å². The van der Waals surface area contributed by atoms with E-state index in [0.717, 1.165) is 0 Å². The molecule has 0 unspecified atom stereocenters. The molecule has 2 N–H and O–H groups in total. The van der Waals surface area contributed by atoms with E-state index >= 15 is 0 Å². The molecule has 18 heavy (non-hydrogen) atoms. The van der Waals surface area contributed by atoms with Gasteiger partial charge in [0.2, 0.25) is 5.89 Å². The van der Waals surface area contributed by atoms with E-state index in [1.165, 1.54) is 36.4 Å². The molecular formula is C13H8F2N2O. The first-order chi connectivity index (χ1) is 8.63. The lowest BCUT2D eigenvalue weighted by Crippen LogP contribution is -1.86. The monoisotopic (exact) mass is 246 g/mol. The molecule has 5 heteroatoms. The fourth-order valence-electron chi connectivity index (χ4n) is 1.73. The molecule has 3 rings (SSSR count). The van der Waals surface area contributed by atoms with Crippen molar-refractivity contribution in [1.82, 2.24) is 4.98 Å². The predicted octanol–water partition coefficient (Wildman–Crippen LogP) is 3.36. The Bertz CT molecular complexity index is 720. The van der Waals surface area contributed by atoms with Crippen LogP contribution in [0.5, 0.6) is 0 Å². The van der Waals surface area contributed by atoms with Gasteiger partial charge in [-0.2, -0.15) is 0 Å². The topological polar surface area (TPSA) is 52.0 Å². The van der Waals surface area contributed by atoms with Crippen molar-refractivity contribution in [2.45, 2.75) is 0 Å². The van der Waals surface area contributed by atoms with Crippen LogP contribution in [-0.4, -0.2) is 4.98 Å². The Balaban J connectivity index is 2.19. The van der Waals surface area contributed by atoms with Crippen molar-refractivity contribution in [3.63, 3.8) is 0 Å². The number of oxazole rings is 1. The van der Waals surface area contributed by atoms with Gasteiger partial charge in [0, 0.05) is 17.3 Å². The van der Waals surface area contributed by atoms with Crippen molar-refractivity contribution in [2.24, 2.45) is 0 Å². The summed E-state index contributed by atoms with van der Waals surface area (Å²) in [7, 11) is 0. The van der Waals surface area contributed by atoms with Crippen LogP contribution >= 0.6 is 0 Å². The minimum Gasteiger partial charge on any atom is -0.433 e. The molecule has 3 aromatic rings. The minimum atomic E-state index is -0.564. The summed E-state index contributed by atoms with van der Waals surface area (Å²) in [5, 5.41) is 0. The highest BCUT2D eigenvalue weighted by Gasteiger charge is 2.12. The molecule has 0 aliphatic rings. The zero-order valence-electron chi connectivity index (χ0n) is 9.15. The Morgan fingerprint density at radius 2 is 1.78 bits per heavy atom. The average Bonchev–Trinajstić information content (AvgIpc) is 2.74. The number of nitrogen functional groups attached to an aromatic ring is 1. The second kappa shape index (κ2) is 3.80. The van der Waals surface area contributed by atoms with Crippen LogP contribution in [0.25, 0.3) is 22.6 Å². The van der Waals surface area contributed by atoms with Gasteiger partial charge in [0.15, 0.2) is 11.4 Å². The number of nitrogens with two attached hydrogens (primary N) is 1. The molecule has 0 fully saturated rings. The van der Waals surface area contributed by atoms with Crippen molar-refractivity contribution >= 4 is 16.8 Å². The Kier molecular flexibility index (Phi) is 2.26. The number of nitrogens with zero attached hydrogens (tertiary/aromatic N) is 1. The number of benzene rings is 2. The lowest BCUT2D eigenvalue weighted by Gasteiger charge is -1.93. The number of aromatic nitrogens is 1. The van der Waals surface area contributed by atoms with E-state index < -0.39 is 5.82 Å². The summed E-state index contributed by atoms with van der Waals surface area (Å²) >= 11 is 0. The van der Waals surface area contributed by atoms with Crippen LogP contribution in [0.15, 0.2) is 40.8 Å². The van der Waals surface area contributed by atoms with Gasteiger partial charge in [-0.05, 0) is 30.3 Å². The SMILES string of the molecule is Nc1cc(F)c2oc(-c3ccc(F)cc3)nc2c1. The normalized spacial score (nSPS) is 11.0. The van der Waals surface area contributed by atoms with Crippen LogP contribution in [0.3, 0.4) is 0 Å². The first kappa shape index (κ1) is 10.7. The maximum Gasteiger partial charge on any atom is 0.227 e. The lowest BCUT2D eigenvalue weighted by atomic mass is 10.2. The molecule has 0 saturated heterocycles. The molecule has 1 heterocycles. The van der Waals surface area contributed by atoms with Crippen molar-refractivity contribution in [1.29, 1.82) is 0 Å². The number of halogens is 2. The third-order valence-corrected chi connectivity index (χ3v) is 2.56. The summed E-state index contributed by atoms with van der Waals surface area (Å²) < 4.78 is 31.7. The molecule has 0 saturated carbocycles. The molecule has 0 spiro atoms. The molecule has 3 nitrogen and oxygen atoms in total. The fourth-order valence-corrected chi connectivity index (χ4v) is 1.73. The number of anilines is 1. The molecule has 0 bridgehead atoms. The number of hydrogen-bond donors (Lipinski definition) is 1. The van der Waals surface area contributed by atoms with E-state index in [9.17, 15) is 8.78 Å². The van der Waals surface area contributed by atoms with Gasteiger partial charge in [-0.3, -0.25) is 0 Å². The predicted molar refractivity (Wildman–Crippen MR) is 63.8 cm³/mol. The summed E-state index contributed by atoms with van der Waals surface area (Å²) in [6.45, 7) is 0.